The number of hydrogen-bond acceptors (Lipinski definition) is 2. The summed E-state index contributed by atoms with van der Waals surface area (Å²) in [6.45, 7) is 5.62. The van der Waals surface area contributed by atoms with Crippen molar-refractivity contribution < 1.29 is 15.0 Å². The number of aliphatic hydroxyl groups excluding tert-OH is 1. The lowest BCUT2D eigenvalue weighted by atomic mass is 10.1. The highest BCUT2D eigenvalue weighted by molar-refractivity contribution is 5.66. The van der Waals surface area contributed by atoms with E-state index in [0.717, 1.165) is 24.0 Å². The number of carboxylic acids is 1. The van der Waals surface area contributed by atoms with Crippen molar-refractivity contribution in [3.8, 4) is 0 Å². The number of rotatable bonds is 7. The Hall–Kier alpha value is -1.09. The molecule has 0 aliphatic rings. The van der Waals surface area contributed by atoms with E-state index in [2.05, 4.69) is 6.58 Å². The van der Waals surface area contributed by atoms with Gasteiger partial charge in [0.1, 0.15) is 0 Å². The fourth-order valence-electron chi connectivity index (χ4n) is 1.01. The Bertz CT molecular complexity index is 229. The summed E-state index contributed by atoms with van der Waals surface area (Å²) in [7, 11) is 0. The van der Waals surface area contributed by atoms with Crippen molar-refractivity contribution in [1.29, 1.82) is 0 Å². The van der Waals surface area contributed by atoms with Gasteiger partial charge in [0.2, 0.25) is 0 Å². The second-order valence-corrected chi connectivity index (χ2v) is 3.39. The van der Waals surface area contributed by atoms with Gasteiger partial charge in [-0.25, -0.2) is 0 Å². The lowest BCUT2D eigenvalue weighted by molar-refractivity contribution is -0.136. The maximum atomic E-state index is 10.3. The van der Waals surface area contributed by atoms with Gasteiger partial charge in [0, 0.05) is 6.42 Å². The topological polar surface area (TPSA) is 57.5 Å². The van der Waals surface area contributed by atoms with Crippen LogP contribution < -0.4 is 0 Å². The Balaban J connectivity index is 3.66. The third kappa shape index (κ3) is 7.55. The first-order valence-corrected chi connectivity index (χ1v) is 4.71. The van der Waals surface area contributed by atoms with E-state index in [1.54, 1.807) is 0 Å². The first-order chi connectivity index (χ1) is 6.56. The highest BCUT2D eigenvalue weighted by Crippen LogP contribution is 2.08. The van der Waals surface area contributed by atoms with E-state index in [0.29, 0.717) is 6.42 Å². The summed E-state index contributed by atoms with van der Waals surface area (Å²) >= 11 is 0. The van der Waals surface area contributed by atoms with Gasteiger partial charge in [0.25, 0.3) is 0 Å². The fraction of sp³-hybridized carbons (Fsp3) is 0.545. The van der Waals surface area contributed by atoms with Crippen LogP contribution in [0.1, 0.15) is 32.6 Å². The van der Waals surface area contributed by atoms with Gasteiger partial charge >= 0.3 is 5.97 Å². The smallest absolute Gasteiger partial charge is 0.303 e. The quantitative estimate of drug-likeness (QED) is 0.616. The van der Waals surface area contributed by atoms with E-state index >= 15 is 0 Å². The number of carbonyl (C=O) groups is 1. The summed E-state index contributed by atoms with van der Waals surface area (Å²) in [4.78, 5) is 10.3. The van der Waals surface area contributed by atoms with E-state index in [-0.39, 0.29) is 13.0 Å². The summed E-state index contributed by atoms with van der Waals surface area (Å²) in [6.07, 6.45) is 4.37. The Morgan fingerprint density at radius 1 is 1.36 bits per heavy atom. The summed E-state index contributed by atoms with van der Waals surface area (Å²) in [5.74, 6) is -0.766. The Morgan fingerprint density at radius 2 is 2.00 bits per heavy atom. The molecule has 80 valence electrons. The van der Waals surface area contributed by atoms with Crippen LogP contribution >= 0.6 is 0 Å². The van der Waals surface area contributed by atoms with Crippen LogP contribution in [0.2, 0.25) is 0 Å². The third-order valence-corrected chi connectivity index (χ3v) is 1.95. The molecule has 0 atom stereocenters. The molecule has 0 saturated carbocycles. The van der Waals surface area contributed by atoms with Crippen LogP contribution in [-0.4, -0.2) is 22.8 Å². The molecular formula is C11H18O3. The van der Waals surface area contributed by atoms with Gasteiger partial charge in [-0.1, -0.05) is 23.8 Å². The van der Waals surface area contributed by atoms with Gasteiger partial charge in [0.15, 0.2) is 0 Å². The highest BCUT2D eigenvalue weighted by atomic mass is 16.4. The van der Waals surface area contributed by atoms with Gasteiger partial charge < -0.3 is 10.2 Å². The van der Waals surface area contributed by atoms with Gasteiger partial charge in [-0.05, 0) is 26.2 Å². The number of hydrogen-bond donors (Lipinski definition) is 2. The predicted molar refractivity (Wildman–Crippen MR) is 56.1 cm³/mol. The molecule has 0 aromatic carbocycles. The average Bonchev–Trinajstić information content (AvgIpc) is 2.14. The Labute approximate surface area is 84.8 Å². The van der Waals surface area contributed by atoms with Gasteiger partial charge in [0.05, 0.1) is 6.61 Å². The summed E-state index contributed by atoms with van der Waals surface area (Å²) in [5, 5.41) is 17.1. The van der Waals surface area contributed by atoms with Crippen molar-refractivity contribution in [3.63, 3.8) is 0 Å². The van der Waals surface area contributed by atoms with Crippen molar-refractivity contribution in [1.82, 2.24) is 0 Å². The molecule has 0 rings (SSSR count). The molecule has 3 nitrogen and oxygen atoms in total. The van der Waals surface area contributed by atoms with E-state index in [4.69, 9.17) is 10.2 Å². The normalized spacial score (nSPS) is 11.4. The number of aliphatic hydroxyl groups is 1. The van der Waals surface area contributed by atoms with E-state index in [1.807, 2.05) is 13.0 Å². The average molecular weight is 198 g/mol. The van der Waals surface area contributed by atoms with Crippen LogP contribution in [0.5, 0.6) is 0 Å². The van der Waals surface area contributed by atoms with Crippen molar-refractivity contribution in [2.75, 3.05) is 6.61 Å². The second kappa shape index (κ2) is 7.33. The Kier molecular flexibility index (Phi) is 6.76. The standard InChI is InChI=1S/C11H18O3/c1-9(6-7-11(13)14)4-3-5-10(2)8-12/h4,12H,2-3,5-8H2,1H3,(H,13,14)/b9-4+. The van der Waals surface area contributed by atoms with Crippen molar-refractivity contribution in [2.24, 2.45) is 0 Å². The molecule has 0 radical (unpaired) electrons. The van der Waals surface area contributed by atoms with Gasteiger partial charge in [-0.15, -0.1) is 0 Å². The molecule has 2 N–H and O–H groups in total. The first-order valence-electron chi connectivity index (χ1n) is 4.71. The zero-order chi connectivity index (χ0) is 11.0. The third-order valence-electron chi connectivity index (χ3n) is 1.95. The van der Waals surface area contributed by atoms with Gasteiger partial charge in [-0.3, -0.25) is 4.79 Å². The highest BCUT2D eigenvalue weighted by Gasteiger charge is 1.97. The lowest BCUT2D eigenvalue weighted by Gasteiger charge is -2.00. The molecule has 0 saturated heterocycles. The van der Waals surface area contributed by atoms with Crippen LogP contribution in [0.3, 0.4) is 0 Å². The van der Waals surface area contributed by atoms with E-state index < -0.39 is 5.97 Å². The SMILES string of the molecule is C=C(CO)CC/C=C(\C)CCC(=O)O. The summed E-state index contributed by atoms with van der Waals surface area (Å²) in [5.41, 5.74) is 1.89. The Morgan fingerprint density at radius 3 is 2.50 bits per heavy atom. The van der Waals surface area contributed by atoms with Crippen molar-refractivity contribution >= 4 is 5.97 Å². The minimum Gasteiger partial charge on any atom is -0.481 e. The number of allylic oxidation sites excluding steroid dienone is 2. The molecule has 0 aromatic heterocycles. The zero-order valence-electron chi connectivity index (χ0n) is 8.62. The molecule has 0 aromatic rings. The molecule has 3 heteroatoms. The predicted octanol–water partition coefficient (Wildman–Crippen LogP) is 2.13. The van der Waals surface area contributed by atoms with Crippen molar-refractivity contribution in [3.05, 3.63) is 23.8 Å². The molecule has 0 aliphatic carbocycles. The first kappa shape index (κ1) is 12.9. The largest absolute Gasteiger partial charge is 0.481 e. The molecule has 0 bridgehead atoms. The lowest BCUT2D eigenvalue weighted by Crippen LogP contribution is -1.94. The number of carboxylic acid groups (broad SMARTS) is 1. The molecule has 14 heavy (non-hydrogen) atoms. The minimum absolute atomic E-state index is 0.0298. The van der Waals surface area contributed by atoms with Crippen LogP contribution in [0.15, 0.2) is 23.8 Å². The fourth-order valence-corrected chi connectivity index (χ4v) is 1.01. The molecule has 0 aliphatic heterocycles. The maximum absolute atomic E-state index is 10.3. The summed E-state index contributed by atoms with van der Waals surface area (Å²) in [6, 6.07) is 0. The molecule has 0 fully saturated rings. The maximum Gasteiger partial charge on any atom is 0.303 e. The van der Waals surface area contributed by atoms with E-state index in [1.165, 1.54) is 0 Å². The molecule has 0 unspecified atom stereocenters. The minimum atomic E-state index is -0.766. The van der Waals surface area contributed by atoms with Crippen LogP contribution in [0, 0.1) is 0 Å². The molecule has 0 heterocycles. The monoisotopic (exact) mass is 198 g/mol. The van der Waals surface area contributed by atoms with Crippen molar-refractivity contribution in [2.45, 2.75) is 32.6 Å². The van der Waals surface area contributed by atoms with Gasteiger partial charge in [-0.2, -0.15) is 0 Å². The number of aliphatic carboxylic acids is 1. The molecule has 0 spiro atoms. The summed E-state index contributed by atoms with van der Waals surface area (Å²) < 4.78 is 0. The molecular weight excluding hydrogens is 180 g/mol. The molecule has 0 amide bonds. The van der Waals surface area contributed by atoms with Crippen LogP contribution in [0.25, 0.3) is 0 Å². The van der Waals surface area contributed by atoms with Crippen LogP contribution in [0.4, 0.5) is 0 Å². The van der Waals surface area contributed by atoms with Crippen LogP contribution in [-0.2, 0) is 4.79 Å². The second-order valence-electron chi connectivity index (χ2n) is 3.39. The zero-order valence-corrected chi connectivity index (χ0v) is 8.62. The van der Waals surface area contributed by atoms with E-state index in [9.17, 15) is 4.79 Å².